The SMILES string of the molecule is c1ccc(-c2nc(-c3ccccc3)nc(-c3ccc4sc5c(-c6cccc7c6sc6ccccc67)nc(-c6ccccc6)nc5c4c3)n2)cc1. The molecule has 0 N–H and O–H groups in total. The smallest absolute Gasteiger partial charge is 0.164 e. The topological polar surface area (TPSA) is 64.5 Å². The van der Waals surface area contributed by atoms with Gasteiger partial charge in [-0.1, -0.05) is 127 Å². The molecule has 4 aromatic heterocycles. The molecule has 50 heavy (non-hydrogen) atoms. The summed E-state index contributed by atoms with van der Waals surface area (Å²) >= 11 is 3.55. The quantitative estimate of drug-likeness (QED) is 0.182. The van der Waals surface area contributed by atoms with Gasteiger partial charge in [-0.25, -0.2) is 24.9 Å². The highest BCUT2D eigenvalue weighted by Gasteiger charge is 2.21. The molecule has 0 aliphatic heterocycles. The molecule has 5 nitrogen and oxygen atoms in total. The molecule has 4 heterocycles. The van der Waals surface area contributed by atoms with Gasteiger partial charge in [-0.2, -0.15) is 0 Å². The average molecular weight is 676 g/mol. The number of hydrogen-bond acceptors (Lipinski definition) is 7. The van der Waals surface area contributed by atoms with Crippen molar-refractivity contribution in [1.29, 1.82) is 0 Å². The third-order valence-corrected chi connectivity index (χ3v) is 11.3. The molecule has 0 aliphatic rings. The van der Waals surface area contributed by atoms with E-state index in [0.29, 0.717) is 23.3 Å². The zero-order valence-electron chi connectivity index (χ0n) is 26.5. The van der Waals surface area contributed by atoms with Crippen molar-refractivity contribution < 1.29 is 0 Å². The van der Waals surface area contributed by atoms with Crippen molar-refractivity contribution in [3.63, 3.8) is 0 Å². The molecule has 10 rings (SSSR count). The minimum absolute atomic E-state index is 0.617. The van der Waals surface area contributed by atoms with Gasteiger partial charge in [0.1, 0.15) is 0 Å². The Kier molecular flexibility index (Phi) is 6.79. The van der Waals surface area contributed by atoms with E-state index in [-0.39, 0.29) is 0 Å². The lowest BCUT2D eigenvalue weighted by Crippen LogP contribution is -2.00. The Labute approximate surface area is 295 Å². The van der Waals surface area contributed by atoms with Crippen LogP contribution in [0.25, 0.3) is 97.3 Å². The van der Waals surface area contributed by atoms with Crippen LogP contribution in [0.5, 0.6) is 0 Å². The van der Waals surface area contributed by atoms with Crippen LogP contribution in [0.2, 0.25) is 0 Å². The summed E-state index contributed by atoms with van der Waals surface area (Å²) in [6.07, 6.45) is 0. The lowest BCUT2D eigenvalue weighted by atomic mass is 10.1. The normalized spacial score (nSPS) is 11.6. The zero-order valence-corrected chi connectivity index (χ0v) is 28.1. The number of aromatic nitrogens is 5. The summed E-state index contributed by atoms with van der Waals surface area (Å²) in [5.74, 6) is 2.59. The largest absolute Gasteiger partial charge is 0.226 e. The highest BCUT2D eigenvalue weighted by atomic mass is 32.1. The van der Waals surface area contributed by atoms with E-state index in [1.165, 1.54) is 20.2 Å². The van der Waals surface area contributed by atoms with E-state index in [4.69, 9.17) is 24.9 Å². The Bertz CT molecular complexity index is 2810. The molecule has 0 radical (unpaired) electrons. The molecule has 0 aliphatic carbocycles. The van der Waals surface area contributed by atoms with E-state index in [2.05, 4.69) is 72.8 Å². The standard InChI is InChI=1S/C43H25N5S2/c1-4-13-26(14-5-1)40-44-36(32-21-12-20-31-30-19-10-11-22-34(30)49-38(31)32)39-37(45-40)33-25-29(23-24-35(33)50-39)43-47-41(27-15-6-2-7-16-27)46-42(48-43)28-17-8-3-9-18-28/h1-25H. The van der Waals surface area contributed by atoms with Gasteiger partial charge < -0.3 is 0 Å². The Morgan fingerprint density at radius 2 is 0.860 bits per heavy atom. The van der Waals surface area contributed by atoms with E-state index in [1.807, 2.05) is 90.2 Å². The predicted octanol–water partition coefficient (Wildman–Crippen LogP) is 11.7. The van der Waals surface area contributed by atoms with Gasteiger partial charge in [0.05, 0.1) is 15.9 Å². The van der Waals surface area contributed by atoms with Crippen LogP contribution in [-0.4, -0.2) is 24.9 Å². The minimum atomic E-state index is 0.617. The van der Waals surface area contributed by atoms with E-state index in [1.54, 1.807) is 11.3 Å². The van der Waals surface area contributed by atoms with Crippen LogP contribution in [-0.2, 0) is 0 Å². The first-order chi connectivity index (χ1) is 24.8. The summed E-state index contributed by atoms with van der Waals surface area (Å²) in [5.41, 5.74) is 6.76. The first-order valence-electron chi connectivity index (χ1n) is 16.3. The van der Waals surface area contributed by atoms with Crippen LogP contribution in [0.4, 0.5) is 0 Å². The van der Waals surface area contributed by atoms with E-state index < -0.39 is 0 Å². The van der Waals surface area contributed by atoms with Crippen molar-refractivity contribution in [1.82, 2.24) is 24.9 Å². The monoisotopic (exact) mass is 675 g/mol. The van der Waals surface area contributed by atoms with Crippen LogP contribution < -0.4 is 0 Å². The summed E-state index contributed by atoms with van der Waals surface area (Å²) in [6.45, 7) is 0. The Balaban J connectivity index is 1.22. The lowest BCUT2D eigenvalue weighted by molar-refractivity contribution is 1.07. The van der Waals surface area contributed by atoms with Gasteiger partial charge in [-0.3, -0.25) is 0 Å². The number of thiophene rings is 2. The van der Waals surface area contributed by atoms with Crippen LogP contribution in [0, 0.1) is 0 Å². The predicted molar refractivity (Wildman–Crippen MR) is 208 cm³/mol. The van der Waals surface area contributed by atoms with Crippen molar-refractivity contribution in [2.75, 3.05) is 0 Å². The van der Waals surface area contributed by atoms with Gasteiger partial charge in [0.15, 0.2) is 23.3 Å². The van der Waals surface area contributed by atoms with Gasteiger partial charge in [0, 0.05) is 58.1 Å². The van der Waals surface area contributed by atoms with Crippen molar-refractivity contribution in [3.8, 4) is 56.8 Å². The number of rotatable bonds is 5. The van der Waals surface area contributed by atoms with Crippen molar-refractivity contribution in [2.24, 2.45) is 0 Å². The van der Waals surface area contributed by atoms with Gasteiger partial charge in [-0.05, 0) is 24.3 Å². The van der Waals surface area contributed by atoms with Gasteiger partial charge >= 0.3 is 0 Å². The van der Waals surface area contributed by atoms with Crippen LogP contribution in [0.3, 0.4) is 0 Å². The maximum absolute atomic E-state index is 5.30. The molecule has 0 atom stereocenters. The number of hydrogen-bond donors (Lipinski definition) is 0. The molecule has 0 bridgehead atoms. The fourth-order valence-corrected chi connectivity index (χ4v) is 8.90. The van der Waals surface area contributed by atoms with E-state index in [9.17, 15) is 0 Å². The van der Waals surface area contributed by atoms with Crippen molar-refractivity contribution >= 4 is 63.1 Å². The molecule has 234 valence electrons. The van der Waals surface area contributed by atoms with Gasteiger partial charge in [-0.15, -0.1) is 22.7 Å². The van der Waals surface area contributed by atoms with Crippen LogP contribution >= 0.6 is 22.7 Å². The first kappa shape index (κ1) is 28.8. The van der Waals surface area contributed by atoms with Crippen molar-refractivity contribution in [2.45, 2.75) is 0 Å². The molecular weight excluding hydrogens is 651 g/mol. The summed E-state index contributed by atoms with van der Waals surface area (Å²) in [6, 6.07) is 52.0. The molecule has 7 heteroatoms. The highest BCUT2D eigenvalue weighted by molar-refractivity contribution is 7.27. The zero-order chi connectivity index (χ0) is 33.0. The fraction of sp³-hybridized carbons (Fsp3) is 0. The second-order valence-corrected chi connectivity index (χ2v) is 14.2. The highest BCUT2D eigenvalue weighted by Crippen LogP contribution is 2.45. The molecule has 0 amide bonds. The lowest BCUT2D eigenvalue weighted by Gasteiger charge is -2.09. The maximum Gasteiger partial charge on any atom is 0.164 e. The molecule has 0 spiro atoms. The second-order valence-electron chi connectivity index (χ2n) is 12.1. The summed E-state index contributed by atoms with van der Waals surface area (Å²) in [5, 5.41) is 3.57. The Morgan fingerprint density at radius 3 is 1.52 bits per heavy atom. The Hall–Kier alpha value is -6.15. The fourth-order valence-electron chi connectivity index (χ4n) is 6.55. The molecule has 0 fully saturated rings. The van der Waals surface area contributed by atoms with Gasteiger partial charge in [0.25, 0.3) is 0 Å². The van der Waals surface area contributed by atoms with Crippen LogP contribution in [0.15, 0.2) is 152 Å². The summed E-state index contributed by atoms with van der Waals surface area (Å²) in [4.78, 5) is 25.5. The van der Waals surface area contributed by atoms with Gasteiger partial charge in [0.2, 0.25) is 0 Å². The molecule has 0 unspecified atom stereocenters. The number of fused-ring (bicyclic) bond motifs is 6. The van der Waals surface area contributed by atoms with Crippen molar-refractivity contribution in [3.05, 3.63) is 152 Å². The number of benzene rings is 6. The van der Waals surface area contributed by atoms with Crippen LogP contribution in [0.1, 0.15) is 0 Å². The van der Waals surface area contributed by atoms with E-state index >= 15 is 0 Å². The Morgan fingerprint density at radius 1 is 0.340 bits per heavy atom. The minimum Gasteiger partial charge on any atom is -0.226 e. The average Bonchev–Trinajstić information content (AvgIpc) is 3.77. The molecule has 0 saturated carbocycles. The molecule has 6 aromatic carbocycles. The summed E-state index contributed by atoms with van der Waals surface area (Å²) in [7, 11) is 0. The third-order valence-electron chi connectivity index (χ3n) is 8.96. The second kappa shape index (κ2) is 11.8. The maximum atomic E-state index is 5.30. The molecule has 0 saturated heterocycles. The first-order valence-corrected chi connectivity index (χ1v) is 18.0. The molecular formula is C43H25N5S2. The number of nitrogens with zero attached hydrogens (tertiary/aromatic N) is 5. The summed E-state index contributed by atoms with van der Waals surface area (Å²) < 4.78 is 4.70. The third kappa shape index (κ3) is 4.86. The van der Waals surface area contributed by atoms with E-state index in [0.717, 1.165) is 53.8 Å². The molecule has 10 aromatic rings.